The van der Waals surface area contributed by atoms with Crippen LogP contribution in [0.25, 0.3) is 10.8 Å². The van der Waals surface area contributed by atoms with Crippen LogP contribution in [0.1, 0.15) is 46.6 Å². The summed E-state index contributed by atoms with van der Waals surface area (Å²) in [5.41, 5.74) is 1.78. The average Bonchev–Trinajstić information content (AvgIpc) is 3.00. The van der Waals surface area contributed by atoms with E-state index >= 15 is 0 Å². The van der Waals surface area contributed by atoms with Crippen LogP contribution >= 0.6 is 0 Å². The molecule has 0 bridgehead atoms. The Balaban J connectivity index is 1.32. The first-order valence-electron chi connectivity index (χ1n) is 13.4. The Morgan fingerprint density at radius 3 is 2.59 bits per heavy atom. The Kier molecular flexibility index (Phi) is 8.06. The number of aromatic nitrogens is 2. The van der Waals surface area contributed by atoms with Gasteiger partial charge in [-0.3, -0.25) is 9.59 Å². The van der Waals surface area contributed by atoms with Gasteiger partial charge in [0.15, 0.2) is 0 Å². The van der Waals surface area contributed by atoms with Gasteiger partial charge in [0.05, 0.1) is 41.2 Å². The number of rotatable bonds is 6. The molecule has 0 radical (unpaired) electrons. The number of urea groups is 1. The van der Waals surface area contributed by atoms with Gasteiger partial charge in [-0.2, -0.15) is 10.4 Å². The number of carbonyl (C=O) groups excluding carboxylic acids is 2. The van der Waals surface area contributed by atoms with Gasteiger partial charge in [0.25, 0.3) is 11.5 Å². The molecule has 1 saturated heterocycles. The Hall–Kier alpha value is -5.04. The maximum absolute atomic E-state index is 15.0. The number of hydrogen-bond donors (Lipinski definition) is 2. The molecule has 41 heavy (non-hydrogen) atoms. The van der Waals surface area contributed by atoms with Gasteiger partial charge in [0.1, 0.15) is 5.82 Å². The SMILES string of the molecule is C[C@@H](NC(=O)N1CCN(C(=O)c2cc(Cc3n[nH]c(=O)c4ccccc34)ccc2F)[C@H](CC#N)C1)c1ccccc1. The third-order valence-corrected chi connectivity index (χ3v) is 7.41. The fraction of sp³-hybridized carbons (Fsp3) is 0.258. The lowest BCUT2D eigenvalue weighted by molar-refractivity contribution is 0.0510. The number of carbonyl (C=O) groups is 2. The van der Waals surface area contributed by atoms with Crippen molar-refractivity contribution in [2.24, 2.45) is 0 Å². The number of fused-ring (bicyclic) bond motifs is 1. The van der Waals surface area contributed by atoms with Crippen LogP contribution in [0, 0.1) is 17.1 Å². The third kappa shape index (κ3) is 5.94. The van der Waals surface area contributed by atoms with Crippen molar-refractivity contribution in [2.75, 3.05) is 19.6 Å². The van der Waals surface area contributed by atoms with E-state index in [-0.39, 0.29) is 55.7 Å². The van der Waals surface area contributed by atoms with Crippen molar-refractivity contribution in [2.45, 2.75) is 31.8 Å². The average molecular weight is 553 g/mol. The molecular weight excluding hydrogens is 523 g/mol. The molecule has 2 heterocycles. The van der Waals surface area contributed by atoms with Crippen molar-refractivity contribution < 1.29 is 14.0 Å². The summed E-state index contributed by atoms with van der Waals surface area (Å²) in [5.74, 6) is -1.22. The fourth-order valence-electron chi connectivity index (χ4n) is 5.19. The Morgan fingerprint density at radius 1 is 1.10 bits per heavy atom. The predicted octanol–water partition coefficient (Wildman–Crippen LogP) is 4.16. The summed E-state index contributed by atoms with van der Waals surface area (Å²) in [6, 6.07) is 22.0. The first-order valence-corrected chi connectivity index (χ1v) is 13.4. The topological polar surface area (TPSA) is 122 Å². The first-order chi connectivity index (χ1) is 19.9. The minimum absolute atomic E-state index is 0.00163. The second kappa shape index (κ2) is 12.0. The number of benzene rings is 3. The van der Waals surface area contributed by atoms with E-state index in [9.17, 15) is 24.0 Å². The van der Waals surface area contributed by atoms with Gasteiger partial charge in [-0.15, -0.1) is 0 Å². The molecule has 208 valence electrons. The minimum atomic E-state index is -0.675. The zero-order valence-electron chi connectivity index (χ0n) is 22.5. The summed E-state index contributed by atoms with van der Waals surface area (Å²) in [5, 5.41) is 20.3. The van der Waals surface area contributed by atoms with Crippen molar-refractivity contribution in [3.63, 3.8) is 0 Å². The monoisotopic (exact) mass is 552 g/mol. The summed E-state index contributed by atoms with van der Waals surface area (Å²) >= 11 is 0. The Bertz CT molecular complexity index is 1680. The van der Waals surface area contributed by atoms with Crippen molar-refractivity contribution in [3.05, 3.63) is 111 Å². The number of H-pyrrole nitrogens is 1. The van der Waals surface area contributed by atoms with Gasteiger partial charge in [-0.05, 0) is 36.2 Å². The summed E-state index contributed by atoms with van der Waals surface area (Å²) in [6.07, 6.45) is 0.269. The lowest BCUT2D eigenvalue weighted by Gasteiger charge is -2.41. The molecule has 10 heteroatoms. The van der Waals surface area contributed by atoms with Crippen LogP contribution in [-0.2, 0) is 6.42 Å². The highest BCUT2D eigenvalue weighted by Crippen LogP contribution is 2.23. The van der Waals surface area contributed by atoms with E-state index in [1.807, 2.05) is 43.3 Å². The molecule has 1 aromatic heterocycles. The molecule has 2 N–H and O–H groups in total. The maximum Gasteiger partial charge on any atom is 0.318 e. The summed E-state index contributed by atoms with van der Waals surface area (Å²) in [6.45, 7) is 2.45. The highest BCUT2D eigenvalue weighted by Gasteiger charge is 2.34. The van der Waals surface area contributed by atoms with Gasteiger partial charge in [0.2, 0.25) is 0 Å². The molecule has 1 aliphatic rings. The van der Waals surface area contributed by atoms with Crippen molar-refractivity contribution >= 4 is 22.7 Å². The zero-order valence-corrected chi connectivity index (χ0v) is 22.5. The highest BCUT2D eigenvalue weighted by atomic mass is 19.1. The van der Waals surface area contributed by atoms with E-state index in [0.29, 0.717) is 22.0 Å². The smallest absolute Gasteiger partial charge is 0.318 e. The van der Waals surface area contributed by atoms with Gasteiger partial charge in [-0.1, -0.05) is 54.6 Å². The second-order valence-electron chi connectivity index (χ2n) is 10.1. The minimum Gasteiger partial charge on any atom is -0.331 e. The molecule has 3 amide bonds. The highest BCUT2D eigenvalue weighted by molar-refractivity contribution is 5.95. The van der Waals surface area contributed by atoms with E-state index < -0.39 is 17.8 Å². The van der Waals surface area contributed by atoms with E-state index in [4.69, 9.17) is 0 Å². The van der Waals surface area contributed by atoms with E-state index in [1.54, 1.807) is 29.2 Å². The number of hydrogen-bond acceptors (Lipinski definition) is 5. The van der Waals surface area contributed by atoms with Crippen LogP contribution in [0.4, 0.5) is 9.18 Å². The molecule has 5 rings (SSSR count). The number of halogens is 1. The fourth-order valence-corrected chi connectivity index (χ4v) is 5.19. The lowest BCUT2D eigenvalue weighted by Crippen LogP contribution is -2.58. The molecular formula is C31H29FN6O3. The van der Waals surface area contributed by atoms with Crippen LogP contribution in [-0.4, -0.2) is 57.6 Å². The molecule has 2 atom stereocenters. The van der Waals surface area contributed by atoms with E-state index in [0.717, 1.165) is 5.56 Å². The Morgan fingerprint density at radius 2 is 1.83 bits per heavy atom. The van der Waals surface area contributed by atoms with Gasteiger partial charge in [-0.25, -0.2) is 14.3 Å². The lowest BCUT2D eigenvalue weighted by atomic mass is 10.0. The first kappa shape index (κ1) is 27.5. The van der Waals surface area contributed by atoms with Crippen molar-refractivity contribution in [1.82, 2.24) is 25.3 Å². The summed E-state index contributed by atoms with van der Waals surface area (Å²) < 4.78 is 15.0. The quantitative estimate of drug-likeness (QED) is 0.372. The van der Waals surface area contributed by atoms with Crippen molar-refractivity contribution in [1.29, 1.82) is 5.26 Å². The molecule has 9 nitrogen and oxygen atoms in total. The summed E-state index contributed by atoms with van der Waals surface area (Å²) in [4.78, 5) is 41.8. The molecule has 3 aromatic carbocycles. The van der Waals surface area contributed by atoms with Crippen LogP contribution < -0.4 is 10.9 Å². The van der Waals surface area contributed by atoms with Gasteiger partial charge < -0.3 is 15.1 Å². The standard InChI is InChI=1S/C31H29FN6O3/c1-20(22-7-3-2-4-8-22)34-31(41)37-15-16-38(23(19-37)13-14-33)30(40)26-17-21(11-12-27(26)32)18-28-24-9-5-6-10-25(24)29(39)36-35-28/h2-12,17,20,23H,13,15-16,18-19H2,1H3,(H,34,41)(H,36,39)/t20-,23-/m1/s1. The van der Waals surface area contributed by atoms with Gasteiger partial charge in [0, 0.05) is 31.4 Å². The molecule has 0 unspecified atom stereocenters. The molecule has 0 aliphatic carbocycles. The predicted molar refractivity (Wildman–Crippen MR) is 152 cm³/mol. The molecule has 1 fully saturated rings. The molecule has 1 aliphatic heterocycles. The van der Waals surface area contributed by atoms with Crippen LogP contribution in [0.5, 0.6) is 0 Å². The molecule has 0 spiro atoms. The van der Waals surface area contributed by atoms with Crippen LogP contribution in [0.3, 0.4) is 0 Å². The number of nitrogens with zero attached hydrogens (tertiary/aromatic N) is 4. The van der Waals surface area contributed by atoms with Crippen LogP contribution in [0.2, 0.25) is 0 Å². The number of nitrogens with one attached hydrogen (secondary N) is 2. The number of aromatic amines is 1. The van der Waals surface area contributed by atoms with E-state index in [2.05, 4.69) is 21.6 Å². The normalized spacial score (nSPS) is 15.8. The van der Waals surface area contributed by atoms with Crippen LogP contribution in [0.15, 0.2) is 77.6 Å². The number of amides is 3. The largest absolute Gasteiger partial charge is 0.331 e. The second-order valence-corrected chi connectivity index (χ2v) is 10.1. The van der Waals surface area contributed by atoms with Gasteiger partial charge >= 0.3 is 6.03 Å². The third-order valence-electron chi connectivity index (χ3n) is 7.41. The maximum atomic E-state index is 15.0. The summed E-state index contributed by atoms with van der Waals surface area (Å²) in [7, 11) is 0. The Labute approximate surface area is 236 Å². The molecule has 0 saturated carbocycles. The zero-order chi connectivity index (χ0) is 28.9. The van der Waals surface area contributed by atoms with E-state index in [1.165, 1.54) is 17.0 Å². The number of nitriles is 1. The van der Waals surface area contributed by atoms with Crippen molar-refractivity contribution in [3.8, 4) is 6.07 Å². The molecule has 4 aromatic rings. The number of piperazine rings is 1.